The van der Waals surface area contributed by atoms with Crippen LogP contribution < -0.4 is 10.1 Å². The van der Waals surface area contributed by atoms with E-state index in [1.807, 2.05) is 7.05 Å². The summed E-state index contributed by atoms with van der Waals surface area (Å²) in [6.45, 7) is 2.08. The molecule has 3 heteroatoms. The Kier molecular flexibility index (Phi) is 3.95. The van der Waals surface area contributed by atoms with E-state index in [9.17, 15) is 0 Å². The van der Waals surface area contributed by atoms with E-state index in [2.05, 4.69) is 60.1 Å². The molecule has 2 nitrogen and oxygen atoms in total. The van der Waals surface area contributed by atoms with Gasteiger partial charge in [-0.05, 0) is 48.0 Å². The van der Waals surface area contributed by atoms with Crippen LogP contribution in [0.1, 0.15) is 22.7 Å². The summed E-state index contributed by atoms with van der Waals surface area (Å²) in [5, 5.41) is 6.88. The van der Waals surface area contributed by atoms with Gasteiger partial charge in [0.15, 0.2) is 0 Å². The predicted molar refractivity (Wildman–Crippen MR) is 90.5 cm³/mol. The second-order valence-electron chi connectivity index (χ2n) is 5.15. The van der Waals surface area contributed by atoms with Gasteiger partial charge >= 0.3 is 0 Å². The van der Waals surface area contributed by atoms with Gasteiger partial charge in [-0.2, -0.15) is 0 Å². The number of hydrogen-bond donors (Lipinski definition) is 1. The van der Waals surface area contributed by atoms with Gasteiger partial charge in [-0.1, -0.05) is 30.3 Å². The summed E-state index contributed by atoms with van der Waals surface area (Å²) >= 11 is 1.79. The maximum Gasteiger partial charge on any atom is 0.124 e. The third-order valence-electron chi connectivity index (χ3n) is 3.81. The van der Waals surface area contributed by atoms with Crippen LogP contribution in [0.4, 0.5) is 0 Å². The highest BCUT2D eigenvalue weighted by atomic mass is 32.1. The zero-order valence-electron chi connectivity index (χ0n) is 12.5. The monoisotopic (exact) mass is 297 g/mol. The van der Waals surface area contributed by atoms with E-state index in [4.69, 9.17) is 4.74 Å². The molecule has 0 saturated carbocycles. The molecule has 3 aromatic rings. The second kappa shape index (κ2) is 5.88. The predicted octanol–water partition coefficient (Wildman–Crippen LogP) is 4.53. The maximum absolute atomic E-state index is 5.59. The van der Waals surface area contributed by atoms with Crippen LogP contribution in [0, 0.1) is 6.92 Å². The van der Waals surface area contributed by atoms with Gasteiger partial charge < -0.3 is 10.1 Å². The van der Waals surface area contributed by atoms with E-state index >= 15 is 0 Å². The van der Waals surface area contributed by atoms with Gasteiger partial charge in [0.1, 0.15) is 5.75 Å². The zero-order chi connectivity index (χ0) is 14.8. The molecular formula is C18H19NOS. The Morgan fingerprint density at radius 2 is 1.95 bits per heavy atom. The fraction of sp³-hybridized carbons (Fsp3) is 0.222. The number of methoxy groups -OCH3 is 1. The van der Waals surface area contributed by atoms with Crippen molar-refractivity contribution in [3.8, 4) is 5.75 Å². The van der Waals surface area contributed by atoms with Gasteiger partial charge in [0, 0.05) is 10.3 Å². The largest absolute Gasteiger partial charge is 0.496 e. The van der Waals surface area contributed by atoms with Crippen molar-refractivity contribution < 1.29 is 4.74 Å². The molecule has 3 rings (SSSR count). The lowest BCUT2D eigenvalue weighted by Gasteiger charge is -2.21. The van der Waals surface area contributed by atoms with Gasteiger partial charge in [0.2, 0.25) is 0 Å². The Balaban J connectivity index is 2.16. The normalized spacial score (nSPS) is 12.5. The lowest BCUT2D eigenvalue weighted by Crippen LogP contribution is -2.18. The highest BCUT2D eigenvalue weighted by Gasteiger charge is 2.19. The quantitative estimate of drug-likeness (QED) is 0.764. The highest BCUT2D eigenvalue weighted by Crippen LogP contribution is 2.36. The fourth-order valence-electron chi connectivity index (χ4n) is 2.78. The van der Waals surface area contributed by atoms with Crippen molar-refractivity contribution in [1.29, 1.82) is 0 Å². The molecule has 1 N–H and O–H groups in total. The van der Waals surface area contributed by atoms with Crippen LogP contribution in [0.2, 0.25) is 0 Å². The van der Waals surface area contributed by atoms with E-state index in [1.54, 1.807) is 18.4 Å². The molecule has 0 saturated heterocycles. The van der Waals surface area contributed by atoms with Crippen LogP contribution in [-0.2, 0) is 0 Å². The smallest absolute Gasteiger partial charge is 0.124 e. The third-order valence-corrected chi connectivity index (χ3v) is 4.79. The Morgan fingerprint density at radius 1 is 1.10 bits per heavy atom. The summed E-state index contributed by atoms with van der Waals surface area (Å²) in [7, 11) is 3.73. The molecule has 1 atom stereocenters. The van der Waals surface area contributed by atoms with Crippen molar-refractivity contribution in [2.45, 2.75) is 13.0 Å². The van der Waals surface area contributed by atoms with Crippen molar-refractivity contribution in [1.82, 2.24) is 5.32 Å². The molecule has 0 fully saturated rings. The number of benzene rings is 2. The van der Waals surface area contributed by atoms with E-state index < -0.39 is 0 Å². The molecule has 1 unspecified atom stereocenters. The average molecular weight is 297 g/mol. The topological polar surface area (TPSA) is 21.3 Å². The molecule has 21 heavy (non-hydrogen) atoms. The molecule has 0 spiro atoms. The number of nitrogens with one attached hydrogen (secondary N) is 1. The van der Waals surface area contributed by atoms with Crippen molar-refractivity contribution in [3.05, 3.63) is 64.5 Å². The molecule has 0 aliphatic carbocycles. The molecule has 0 amide bonds. The van der Waals surface area contributed by atoms with Crippen LogP contribution >= 0.6 is 11.3 Å². The third kappa shape index (κ3) is 2.55. The standard InChI is InChI=1S/C18H19NOS/c1-12-7-8-14(16(11-12)20-3)17(19-2)15-6-4-5-13-9-10-21-18(13)15/h4-11,17,19H,1-3H3. The summed E-state index contributed by atoms with van der Waals surface area (Å²) in [4.78, 5) is 0. The average Bonchev–Trinajstić information content (AvgIpc) is 2.98. The molecule has 0 bridgehead atoms. The van der Waals surface area contributed by atoms with Gasteiger partial charge in [-0.3, -0.25) is 0 Å². The summed E-state index contributed by atoms with van der Waals surface area (Å²) in [5.74, 6) is 0.933. The summed E-state index contributed by atoms with van der Waals surface area (Å²) in [6, 6.07) is 15.2. The first kappa shape index (κ1) is 14.1. The van der Waals surface area contributed by atoms with Gasteiger partial charge in [0.05, 0.1) is 13.2 Å². The molecule has 1 aromatic heterocycles. The number of aryl methyl sites for hydroxylation is 1. The van der Waals surface area contributed by atoms with E-state index in [0.29, 0.717) is 0 Å². The Morgan fingerprint density at radius 3 is 2.71 bits per heavy atom. The van der Waals surface area contributed by atoms with Crippen LogP contribution in [0.5, 0.6) is 5.75 Å². The van der Waals surface area contributed by atoms with Crippen LogP contribution in [0.15, 0.2) is 47.8 Å². The van der Waals surface area contributed by atoms with E-state index in [1.165, 1.54) is 26.8 Å². The summed E-state index contributed by atoms with van der Waals surface area (Å²) < 4.78 is 6.92. The zero-order valence-corrected chi connectivity index (χ0v) is 13.3. The second-order valence-corrected chi connectivity index (χ2v) is 6.07. The minimum absolute atomic E-state index is 0.128. The molecule has 0 aliphatic heterocycles. The first-order valence-corrected chi connectivity index (χ1v) is 7.90. The number of rotatable bonds is 4. The fourth-order valence-corrected chi connectivity index (χ4v) is 3.72. The van der Waals surface area contributed by atoms with Gasteiger partial charge in [-0.25, -0.2) is 0 Å². The number of fused-ring (bicyclic) bond motifs is 1. The van der Waals surface area contributed by atoms with E-state index in [0.717, 1.165) is 5.75 Å². The molecule has 2 aromatic carbocycles. The van der Waals surface area contributed by atoms with Crippen molar-refractivity contribution in [2.75, 3.05) is 14.2 Å². The summed E-state index contributed by atoms with van der Waals surface area (Å²) in [6.07, 6.45) is 0. The van der Waals surface area contributed by atoms with Gasteiger partial charge in [0.25, 0.3) is 0 Å². The summed E-state index contributed by atoms with van der Waals surface area (Å²) in [5.41, 5.74) is 3.68. The molecule has 1 heterocycles. The maximum atomic E-state index is 5.59. The SMILES string of the molecule is CNC(c1ccc(C)cc1OC)c1cccc2ccsc12. The Hall–Kier alpha value is -1.84. The molecule has 0 radical (unpaired) electrons. The molecular weight excluding hydrogens is 278 g/mol. The minimum Gasteiger partial charge on any atom is -0.496 e. The van der Waals surface area contributed by atoms with E-state index in [-0.39, 0.29) is 6.04 Å². The molecule has 108 valence electrons. The first-order chi connectivity index (χ1) is 10.2. The van der Waals surface area contributed by atoms with Crippen molar-refractivity contribution >= 4 is 21.4 Å². The van der Waals surface area contributed by atoms with Crippen LogP contribution in [0.25, 0.3) is 10.1 Å². The number of ether oxygens (including phenoxy) is 1. The number of hydrogen-bond acceptors (Lipinski definition) is 3. The number of thiophene rings is 1. The van der Waals surface area contributed by atoms with Crippen molar-refractivity contribution in [3.63, 3.8) is 0 Å². The highest BCUT2D eigenvalue weighted by molar-refractivity contribution is 7.17. The molecule has 0 aliphatic rings. The lowest BCUT2D eigenvalue weighted by atomic mass is 9.96. The Labute approximate surface area is 129 Å². The van der Waals surface area contributed by atoms with Gasteiger partial charge in [-0.15, -0.1) is 11.3 Å². The lowest BCUT2D eigenvalue weighted by molar-refractivity contribution is 0.405. The minimum atomic E-state index is 0.128. The Bertz CT molecular complexity index is 763. The van der Waals surface area contributed by atoms with Crippen LogP contribution in [-0.4, -0.2) is 14.2 Å². The van der Waals surface area contributed by atoms with Crippen molar-refractivity contribution in [2.24, 2.45) is 0 Å². The van der Waals surface area contributed by atoms with Crippen LogP contribution in [0.3, 0.4) is 0 Å². The first-order valence-electron chi connectivity index (χ1n) is 7.02.